The fourth-order valence-corrected chi connectivity index (χ4v) is 2.49. The quantitative estimate of drug-likeness (QED) is 0.829. The molecule has 2 rings (SSSR count). The van der Waals surface area contributed by atoms with Crippen molar-refractivity contribution >= 4 is 0 Å². The summed E-state index contributed by atoms with van der Waals surface area (Å²) in [4.78, 5) is 0. The molecule has 0 spiro atoms. The van der Waals surface area contributed by atoms with Crippen LogP contribution in [0.25, 0.3) is 0 Å². The Kier molecular flexibility index (Phi) is 4.38. The first-order valence-corrected chi connectivity index (χ1v) is 6.98. The molecule has 18 heavy (non-hydrogen) atoms. The Morgan fingerprint density at radius 2 is 1.89 bits per heavy atom. The number of hydrogen-bond acceptors (Lipinski definition) is 2. The van der Waals surface area contributed by atoms with Crippen LogP contribution in [0.5, 0.6) is 0 Å². The van der Waals surface area contributed by atoms with Gasteiger partial charge >= 0.3 is 0 Å². The van der Waals surface area contributed by atoms with Crippen LogP contribution in [-0.4, -0.2) is 6.54 Å². The molecule has 1 fully saturated rings. The van der Waals surface area contributed by atoms with Crippen molar-refractivity contribution in [2.24, 2.45) is 5.41 Å². The van der Waals surface area contributed by atoms with E-state index in [1.54, 1.807) is 0 Å². The number of benzene rings is 1. The predicted molar refractivity (Wildman–Crippen MR) is 74.0 cm³/mol. The van der Waals surface area contributed by atoms with E-state index in [0.29, 0.717) is 0 Å². The van der Waals surface area contributed by atoms with Gasteiger partial charge in [-0.2, -0.15) is 5.26 Å². The Labute approximate surface area is 110 Å². The van der Waals surface area contributed by atoms with Crippen LogP contribution in [0.4, 0.5) is 0 Å². The van der Waals surface area contributed by atoms with Crippen LogP contribution in [0.3, 0.4) is 0 Å². The zero-order valence-corrected chi connectivity index (χ0v) is 11.2. The highest BCUT2D eigenvalue weighted by Crippen LogP contribution is 2.39. The summed E-state index contributed by atoms with van der Waals surface area (Å²) in [5, 5.41) is 12.6. The molecule has 1 aromatic rings. The smallest absolute Gasteiger partial charge is 0.0703 e. The standard InChI is InChI=1S/C16H22N2/c1-2-4-14-5-7-15(8-6-14)11-18-13-16(12-17)9-3-10-16/h5-8,18H,2-4,9-11,13H2,1H3. The Hall–Kier alpha value is -1.33. The van der Waals surface area contributed by atoms with Crippen molar-refractivity contribution < 1.29 is 0 Å². The molecule has 0 heterocycles. The van der Waals surface area contributed by atoms with Crippen molar-refractivity contribution in [1.29, 1.82) is 5.26 Å². The fourth-order valence-electron chi connectivity index (χ4n) is 2.49. The Bertz CT molecular complexity index is 410. The lowest BCUT2D eigenvalue weighted by Crippen LogP contribution is -2.38. The summed E-state index contributed by atoms with van der Waals surface area (Å²) in [7, 11) is 0. The first-order chi connectivity index (χ1) is 8.78. The van der Waals surface area contributed by atoms with Gasteiger partial charge in [-0.3, -0.25) is 0 Å². The SMILES string of the molecule is CCCc1ccc(CNCC2(C#N)CCC2)cc1. The van der Waals surface area contributed by atoms with E-state index in [4.69, 9.17) is 5.26 Å². The summed E-state index contributed by atoms with van der Waals surface area (Å²) in [6.45, 7) is 3.91. The molecule has 0 radical (unpaired) electrons. The van der Waals surface area contributed by atoms with Gasteiger partial charge in [-0.1, -0.05) is 44.0 Å². The molecule has 0 unspecified atom stereocenters. The van der Waals surface area contributed by atoms with E-state index in [1.165, 1.54) is 24.0 Å². The lowest BCUT2D eigenvalue weighted by molar-refractivity contribution is 0.206. The molecule has 0 bridgehead atoms. The van der Waals surface area contributed by atoms with E-state index in [2.05, 4.69) is 42.6 Å². The lowest BCUT2D eigenvalue weighted by atomic mass is 9.70. The minimum atomic E-state index is -0.0673. The number of aryl methyl sites for hydroxylation is 1. The molecule has 1 saturated carbocycles. The summed E-state index contributed by atoms with van der Waals surface area (Å²) in [6.07, 6.45) is 5.69. The Morgan fingerprint density at radius 1 is 1.22 bits per heavy atom. The Morgan fingerprint density at radius 3 is 2.39 bits per heavy atom. The number of nitriles is 1. The third-order valence-electron chi connectivity index (χ3n) is 3.90. The minimum Gasteiger partial charge on any atom is -0.311 e. The van der Waals surface area contributed by atoms with Gasteiger partial charge in [0.05, 0.1) is 11.5 Å². The molecule has 96 valence electrons. The van der Waals surface area contributed by atoms with Crippen LogP contribution in [-0.2, 0) is 13.0 Å². The summed E-state index contributed by atoms with van der Waals surface area (Å²) in [5.41, 5.74) is 2.65. The van der Waals surface area contributed by atoms with E-state index in [0.717, 1.165) is 32.4 Å². The molecule has 1 N–H and O–H groups in total. The lowest BCUT2D eigenvalue weighted by Gasteiger charge is -2.35. The van der Waals surface area contributed by atoms with Gasteiger partial charge in [-0.05, 0) is 30.4 Å². The third-order valence-corrected chi connectivity index (χ3v) is 3.90. The van der Waals surface area contributed by atoms with Crippen molar-refractivity contribution in [2.75, 3.05) is 6.54 Å². The predicted octanol–water partition coefficient (Wildman–Crippen LogP) is 3.42. The van der Waals surface area contributed by atoms with E-state index < -0.39 is 0 Å². The molecule has 1 aliphatic carbocycles. The number of hydrogen-bond donors (Lipinski definition) is 1. The van der Waals surface area contributed by atoms with Gasteiger partial charge in [0.25, 0.3) is 0 Å². The van der Waals surface area contributed by atoms with Gasteiger partial charge in [0.2, 0.25) is 0 Å². The number of rotatable bonds is 6. The number of nitrogens with one attached hydrogen (secondary N) is 1. The van der Waals surface area contributed by atoms with Crippen LogP contribution < -0.4 is 5.32 Å². The van der Waals surface area contributed by atoms with Gasteiger partial charge in [0, 0.05) is 13.1 Å². The zero-order valence-electron chi connectivity index (χ0n) is 11.2. The number of nitrogens with zero attached hydrogens (tertiary/aromatic N) is 1. The van der Waals surface area contributed by atoms with Crippen molar-refractivity contribution in [3.05, 3.63) is 35.4 Å². The molecule has 0 aromatic heterocycles. The maximum absolute atomic E-state index is 9.14. The van der Waals surface area contributed by atoms with E-state index in [1.807, 2.05) is 0 Å². The first kappa shape index (κ1) is 13.1. The summed E-state index contributed by atoms with van der Waals surface area (Å²) in [6, 6.07) is 11.3. The second-order valence-corrected chi connectivity index (χ2v) is 5.42. The molecular formula is C16H22N2. The van der Waals surface area contributed by atoms with E-state index >= 15 is 0 Å². The van der Waals surface area contributed by atoms with Crippen LogP contribution in [0.2, 0.25) is 0 Å². The fraction of sp³-hybridized carbons (Fsp3) is 0.562. The summed E-state index contributed by atoms with van der Waals surface area (Å²) >= 11 is 0. The minimum absolute atomic E-state index is 0.0673. The highest BCUT2D eigenvalue weighted by molar-refractivity contribution is 5.22. The maximum atomic E-state index is 9.14. The van der Waals surface area contributed by atoms with Crippen LogP contribution in [0, 0.1) is 16.7 Å². The monoisotopic (exact) mass is 242 g/mol. The molecule has 0 saturated heterocycles. The van der Waals surface area contributed by atoms with Crippen LogP contribution >= 0.6 is 0 Å². The average Bonchev–Trinajstić information content (AvgIpc) is 2.35. The summed E-state index contributed by atoms with van der Waals surface area (Å²) in [5.74, 6) is 0. The van der Waals surface area contributed by atoms with E-state index in [-0.39, 0.29) is 5.41 Å². The van der Waals surface area contributed by atoms with Crippen molar-refractivity contribution in [3.63, 3.8) is 0 Å². The van der Waals surface area contributed by atoms with E-state index in [9.17, 15) is 0 Å². The van der Waals surface area contributed by atoms with Crippen LogP contribution in [0.15, 0.2) is 24.3 Å². The topological polar surface area (TPSA) is 35.8 Å². The van der Waals surface area contributed by atoms with Gasteiger partial charge in [-0.25, -0.2) is 0 Å². The highest BCUT2D eigenvalue weighted by atomic mass is 14.9. The maximum Gasteiger partial charge on any atom is 0.0703 e. The van der Waals surface area contributed by atoms with Gasteiger partial charge in [0.1, 0.15) is 0 Å². The molecule has 2 heteroatoms. The molecule has 1 aromatic carbocycles. The summed E-state index contributed by atoms with van der Waals surface area (Å²) < 4.78 is 0. The molecule has 1 aliphatic rings. The average molecular weight is 242 g/mol. The zero-order chi connectivity index (χ0) is 12.8. The van der Waals surface area contributed by atoms with Crippen molar-refractivity contribution in [1.82, 2.24) is 5.32 Å². The normalized spacial score (nSPS) is 16.9. The van der Waals surface area contributed by atoms with Gasteiger partial charge in [0.15, 0.2) is 0 Å². The molecule has 0 atom stereocenters. The van der Waals surface area contributed by atoms with Crippen molar-refractivity contribution in [2.45, 2.75) is 45.6 Å². The second kappa shape index (κ2) is 6.02. The van der Waals surface area contributed by atoms with Gasteiger partial charge < -0.3 is 5.32 Å². The highest BCUT2D eigenvalue weighted by Gasteiger charge is 2.36. The van der Waals surface area contributed by atoms with Gasteiger partial charge in [-0.15, -0.1) is 0 Å². The third kappa shape index (κ3) is 3.11. The largest absolute Gasteiger partial charge is 0.311 e. The second-order valence-electron chi connectivity index (χ2n) is 5.42. The molecule has 0 amide bonds. The molecule has 2 nitrogen and oxygen atoms in total. The Balaban J connectivity index is 1.78. The molecule has 0 aliphatic heterocycles. The van der Waals surface area contributed by atoms with Crippen molar-refractivity contribution in [3.8, 4) is 6.07 Å². The molecular weight excluding hydrogens is 220 g/mol. The van der Waals surface area contributed by atoms with Crippen LogP contribution in [0.1, 0.15) is 43.7 Å². The first-order valence-electron chi connectivity index (χ1n) is 6.98.